The molecule has 1 amide bonds. The third kappa shape index (κ3) is 2.39. The zero-order valence-electron chi connectivity index (χ0n) is 12.3. The quantitative estimate of drug-likeness (QED) is 0.920. The van der Waals surface area contributed by atoms with Crippen LogP contribution in [0, 0.1) is 13.8 Å². The van der Waals surface area contributed by atoms with Gasteiger partial charge in [0.1, 0.15) is 5.25 Å². The lowest BCUT2D eigenvalue weighted by molar-refractivity contribution is -0.115. The number of nitrogens with zero attached hydrogens (tertiary/aromatic N) is 1. The summed E-state index contributed by atoms with van der Waals surface area (Å²) in [6, 6.07) is 8.54. The second-order valence-corrected chi connectivity index (χ2v) is 7.56. The number of carbonyl (C=O) groups excluding carboxylic acids is 1. The monoisotopic (exact) mass is 316 g/mol. The fourth-order valence-electron chi connectivity index (χ4n) is 2.58. The lowest BCUT2D eigenvalue weighted by Crippen LogP contribution is -2.33. The second-order valence-electron chi connectivity index (χ2n) is 5.46. The summed E-state index contributed by atoms with van der Waals surface area (Å²) in [5.41, 5.74) is 3.02. The van der Waals surface area contributed by atoms with Gasteiger partial charge in [-0.1, -0.05) is 18.2 Å². The number of fused-ring (bicyclic) bond motifs is 1. The molecular weight excluding hydrogens is 300 g/mol. The smallest absolute Gasteiger partial charge is 0.243 e. The van der Waals surface area contributed by atoms with Gasteiger partial charge in [0.15, 0.2) is 9.84 Å². The lowest BCUT2D eigenvalue weighted by Gasteiger charge is -2.11. The van der Waals surface area contributed by atoms with E-state index in [2.05, 4.69) is 10.3 Å². The van der Waals surface area contributed by atoms with Crippen LogP contribution in [0.3, 0.4) is 0 Å². The van der Waals surface area contributed by atoms with E-state index in [0.29, 0.717) is 11.3 Å². The number of nitrogens with one attached hydrogen (secondary N) is 1. The van der Waals surface area contributed by atoms with Gasteiger partial charge in [0.2, 0.25) is 5.91 Å². The van der Waals surface area contributed by atoms with Crippen LogP contribution in [0.2, 0.25) is 0 Å². The van der Waals surface area contributed by atoms with Crippen molar-refractivity contribution in [2.24, 2.45) is 0 Å². The maximum absolute atomic E-state index is 12.5. The normalized spacial score (nSPS) is 18.7. The molecule has 1 N–H and O–H groups in total. The van der Waals surface area contributed by atoms with Gasteiger partial charge in [0.05, 0.1) is 16.8 Å². The predicted octanol–water partition coefficient (Wildman–Crippen LogP) is 2.04. The molecule has 1 aromatic carbocycles. The summed E-state index contributed by atoms with van der Waals surface area (Å²) < 4.78 is 24.9. The summed E-state index contributed by atoms with van der Waals surface area (Å²) in [6.07, 6.45) is 1.75. The molecule has 5 nitrogen and oxygen atoms in total. The lowest BCUT2D eigenvalue weighted by atomic mass is 10.1. The van der Waals surface area contributed by atoms with Crippen LogP contribution in [0.25, 0.3) is 0 Å². The Bertz CT molecular complexity index is 859. The maximum atomic E-state index is 12.5. The molecule has 2 heterocycles. The Morgan fingerprint density at radius 2 is 2.00 bits per heavy atom. The molecule has 0 spiro atoms. The number of benzene rings is 1. The molecule has 1 unspecified atom stereocenters. The Hall–Kier alpha value is -2.21. The number of pyridine rings is 1. The maximum Gasteiger partial charge on any atom is 0.243 e. The van der Waals surface area contributed by atoms with E-state index in [0.717, 1.165) is 11.3 Å². The number of sulfone groups is 1. The Morgan fingerprint density at radius 3 is 2.68 bits per heavy atom. The van der Waals surface area contributed by atoms with Crippen molar-refractivity contribution < 1.29 is 13.2 Å². The van der Waals surface area contributed by atoms with Crippen molar-refractivity contribution in [2.75, 3.05) is 5.32 Å². The van der Waals surface area contributed by atoms with Crippen molar-refractivity contribution >= 4 is 21.4 Å². The van der Waals surface area contributed by atoms with E-state index in [1.165, 1.54) is 6.20 Å². The van der Waals surface area contributed by atoms with Crippen LogP contribution in [0.5, 0.6) is 0 Å². The van der Waals surface area contributed by atoms with Crippen LogP contribution < -0.4 is 5.32 Å². The molecule has 0 bridgehead atoms. The Labute approximate surface area is 129 Å². The number of rotatable bonds is 2. The third-order valence-corrected chi connectivity index (χ3v) is 6.10. The highest BCUT2D eigenvalue weighted by Crippen LogP contribution is 2.31. The van der Waals surface area contributed by atoms with Gasteiger partial charge in [-0.15, -0.1) is 0 Å². The molecule has 0 aliphatic carbocycles. The number of amides is 1. The van der Waals surface area contributed by atoms with E-state index in [-0.39, 0.29) is 11.3 Å². The molecule has 0 saturated carbocycles. The molecule has 1 atom stereocenters. The summed E-state index contributed by atoms with van der Waals surface area (Å²) >= 11 is 0. The Morgan fingerprint density at radius 1 is 1.27 bits per heavy atom. The van der Waals surface area contributed by atoms with Crippen molar-refractivity contribution in [3.8, 4) is 0 Å². The van der Waals surface area contributed by atoms with E-state index in [4.69, 9.17) is 0 Å². The predicted molar refractivity (Wildman–Crippen MR) is 83.5 cm³/mol. The van der Waals surface area contributed by atoms with Crippen LogP contribution in [0.1, 0.15) is 16.8 Å². The van der Waals surface area contributed by atoms with E-state index in [1.54, 1.807) is 30.3 Å². The van der Waals surface area contributed by atoms with Gasteiger partial charge < -0.3 is 5.32 Å². The Kier molecular flexibility index (Phi) is 3.48. The summed E-state index contributed by atoms with van der Waals surface area (Å²) in [6.45, 7) is 3.76. The molecule has 1 aromatic heterocycles. The average molecular weight is 316 g/mol. The van der Waals surface area contributed by atoms with Crippen LogP contribution in [-0.4, -0.2) is 24.6 Å². The van der Waals surface area contributed by atoms with Gasteiger partial charge in [0.25, 0.3) is 0 Å². The minimum Gasteiger partial charge on any atom is -0.324 e. The van der Waals surface area contributed by atoms with Crippen molar-refractivity contribution in [3.05, 3.63) is 53.3 Å². The minimum absolute atomic E-state index is 0.211. The van der Waals surface area contributed by atoms with E-state index in [1.807, 2.05) is 13.8 Å². The number of aryl methyl sites for hydroxylation is 2. The highest BCUT2D eigenvalue weighted by atomic mass is 32.2. The summed E-state index contributed by atoms with van der Waals surface area (Å²) in [5, 5.41) is 1.58. The SMILES string of the molecule is Cc1cc(NC(=O)C2Cc3ccccc3S2(=O)=O)cnc1C. The summed E-state index contributed by atoms with van der Waals surface area (Å²) in [4.78, 5) is 16.8. The number of hydrogen-bond donors (Lipinski definition) is 1. The van der Waals surface area contributed by atoms with E-state index in [9.17, 15) is 13.2 Å². The van der Waals surface area contributed by atoms with Crippen molar-refractivity contribution in [1.82, 2.24) is 4.98 Å². The molecule has 0 fully saturated rings. The first-order chi connectivity index (χ1) is 10.4. The molecule has 1 aliphatic heterocycles. The van der Waals surface area contributed by atoms with Crippen molar-refractivity contribution in [2.45, 2.75) is 30.4 Å². The number of carbonyl (C=O) groups is 1. The van der Waals surface area contributed by atoms with Gasteiger partial charge in [-0.05, 0) is 43.5 Å². The molecule has 114 valence electrons. The van der Waals surface area contributed by atoms with Crippen molar-refractivity contribution in [3.63, 3.8) is 0 Å². The molecule has 1 aliphatic rings. The number of hydrogen-bond acceptors (Lipinski definition) is 4. The first kappa shape index (κ1) is 14.7. The Balaban J connectivity index is 1.86. The highest BCUT2D eigenvalue weighted by molar-refractivity contribution is 7.93. The molecule has 3 rings (SSSR count). The molecule has 2 aromatic rings. The highest BCUT2D eigenvalue weighted by Gasteiger charge is 2.41. The molecular formula is C16H16N2O3S. The van der Waals surface area contributed by atoms with Crippen LogP contribution in [0.15, 0.2) is 41.4 Å². The van der Waals surface area contributed by atoms with Crippen LogP contribution >= 0.6 is 0 Å². The summed E-state index contributed by atoms with van der Waals surface area (Å²) in [5.74, 6) is -0.513. The second kappa shape index (κ2) is 5.21. The largest absolute Gasteiger partial charge is 0.324 e. The number of aromatic nitrogens is 1. The molecule has 6 heteroatoms. The fraction of sp³-hybridized carbons (Fsp3) is 0.250. The third-order valence-electron chi connectivity index (χ3n) is 3.96. The van der Waals surface area contributed by atoms with E-state index < -0.39 is 21.0 Å². The zero-order valence-corrected chi connectivity index (χ0v) is 13.1. The van der Waals surface area contributed by atoms with Crippen LogP contribution in [0.4, 0.5) is 5.69 Å². The van der Waals surface area contributed by atoms with Gasteiger partial charge in [0, 0.05) is 5.69 Å². The van der Waals surface area contributed by atoms with Gasteiger partial charge in [-0.2, -0.15) is 0 Å². The minimum atomic E-state index is -3.62. The number of anilines is 1. The van der Waals surface area contributed by atoms with Gasteiger partial charge in [-0.3, -0.25) is 9.78 Å². The van der Waals surface area contributed by atoms with Gasteiger partial charge >= 0.3 is 0 Å². The molecule has 0 radical (unpaired) electrons. The zero-order chi connectivity index (χ0) is 15.9. The van der Waals surface area contributed by atoms with Crippen molar-refractivity contribution in [1.29, 1.82) is 0 Å². The first-order valence-corrected chi connectivity index (χ1v) is 8.50. The topological polar surface area (TPSA) is 76.1 Å². The van der Waals surface area contributed by atoms with Gasteiger partial charge in [-0.25, -0.2) is 8.42 Å². The standard InChI is InChI=1S/C16H16N2O3S/c1-10-7-13(9-17-11(10)2)18-16(19)15-8-12-5-3-4-6-14(12)22(15,20)21/h3-7,9,15H,8H2,1-2H3,(H,18,19). The first-order valence-electron chi connectivity index (χ1n) is 6.95. The fourth-order valence-corrected chi connectivity index (χ4v) is 4.41. The molecule has 0 saturated heterocycles. The summed E-state index contributed by atoms with van der Waals surface area (Å²) in [7, 11) is -3.62. The van der Waals surface area contributed by atoms with E-state index >= 15 is 0 Å². The average Bonchev–Trinajstić information content (AvgIpc) is 2.75. The molecule has 22 heavy (non-hydrogen) atoms. The van der Waals surface area contributed by atoms with Crippen LogP contribution in [-0.2, 0) is 21.1 Å².